The van der Waals surface area contributed by atoms with Crippen molar-refractivity contribution in [2.45, 2.75) is 23.5 Å². The Labute approximate surface area is 83.0 Å². The van der Waals surface area contributed by atoms with Gasteiger partial charge >= 0.3 is 0 Å². The van der Waals surface area contributed by atoms with Crippen LogP contribution in [0.3, 0.4) is 0 Å². The van der Waals surface area contributed by atoms with E-state index in [1.807, 2.05) is 0 Å². The summed E-state index contributed by atoms with van der Waals surface area (Å²) in [6.07, 6.45) is 0.214. The highest BCUT2D eigenvalue weighted by atomic mass is 32.2. The maximum Gasteiger partial charge on any atom is 0.180 e. The number of nitrogens with one attached hydrogen (secondary N) is 1. The van der Waals surface area contributed by atoms with Gasteiger partial charge in [-0.15, -0.1) is 0 Å². The monoisotopic (exact) mass is 221 g/mol. The maximum absolute atomic E-state index is 11.9. The summed E-state index contributed by atoms with van der Waals surface area (Å²) in [6.45, 7) is 1.61. The van der Waals surface area contributed by atoms with E-state index >= 15 is 0 Å². The average molecular weight is 221 g/mol. The predicted octanol–water partition coefficient (Wildman–Crippen LogP) is -1.20. The first-order valence-corrected chi connectivity index (χ1v) is 5.80. The third-order valence-corrected chi connectivity index (χ3v) is 5.12. The van der Waals surface area contributed by atoms with E-state index in [0.717, 1.165) is 0 Å². The second-order valence-electron chi connectivity index (χ2n) is 3.46. The van der Waals surface area contributed by atoms with Crippen LogP contribution in [0.4, 0.5) is 0 Å². The van der Waals surface area contributed by atoms with Crippen LogP contribution in [0.25, 0.3) is 0 Å². The molecular weight excluding hydrogens is 206 g/mol. The molecule has 0 aliphatic carbocycles. The Morgan fingerprint density at radius 3 is 2.50 bits per heavy atom. The van der Waals surface area contributed by atoms with Gasteiger partial charge in [-0.05, 0) is 13.3 Å². The quantitative estimate of drug-likeness (QED) is 0.408. The Balaban J connectivity index is 3.19. The molecule has 1 fully saturated rings. The van der Waals surface area contributed by atoms with Gasteiger partial charge in [0.1, 0.15) is 11.2 Å². The molecular formula is C7H15N3O3S. The van der Waals surface area contributed by atoms with Crippen molar-refractivity contribution < 1.29 is 13.2 Å². The molecule has 0 saturated carbocycles. The SMILES string of the molecule is CC(N)S(=O)(=O)[C@@]1(C(=N)N)CCOC1. The van der Waals surface area contributed by atoms with Gasteiger partial charge in [-0.1, -0.05) is 0 Å². The Hall–Kier alpha value is -0.660. The van der Waals surface area contributed by atoms with Gasteiger partial charge in [0.05, 0.1) is 6.61 Å². The minimum atomic E-state index is -3.63. The molecule has 0 spiro atoms. The molecule has 0 radical (unpaired) electrons. The molecule has 0 aromatic heterocycles. The molecule has 0 aromatic rings. The number of nitrogens with two attached hydrogens (primary N) is 2. The molecule has 1 rings (SSSR count). The summed E-state index contributed by atoms with van der Waals surface area (Å²) in [5.74, 6) is -0.382. The van der Waals surface area contributed by atoms with E-state index in [4.69, 9.17) is 21.6 Å². The van der Waals surface area contributed by atoms with Gasteiger partial charge in [0.25, 0.3) is 0 Å². The van der Waals surface area contributed by atoms with Gasteiger partial charge in [0.2, 0.25) is 0 Å². The van der Waals surface area contributed by atoms with Crippen molar-refractivity contribution in [1.82, 2.24) is 0 Å². The summed E-state index contributed by atoms with van der Waals surface area (Å²) in [5.41, 5.74) is 10.7. The van der Waals surface area contributed by atoms with Gasteiger partial charge in [-0.3, -0.25) is 5.41 Å². The average Bonchev–Trinajstić information content (AvgIpc) is 2.52. The van der Waals surface area contributed by atoms with Gasteiger partial charge in [0.15, 0.2) is 14.6 Å². The van der Waals surface area contributed by atoms with Crippen molar-refractivity contribution in [2.24, 2.45) is 11.5 Å². The molecule has 2 atom stereocenters. The highest BCUT2D eigenvalue weighted by Gasteiger charge is 2.51. The number of amidine groups is 1. The zero-order valence-corrected chi connectivity index (χ0v) is 8.80. The summed E-state index contributed by atoms with van der Waals surface area (Å²) >= 11 is 0. The first-order valence-electron chi connectivity index (χ1n) is 4.26. The molecule has 1 heterocycles. The van der Waals surface area contributed by atoms with Crippen LogP contribution in [0, 0.1) is 5.41 Å². The number of hydrogen-bond acceptors (Lipinski definition) is 5. The van der Waals surface area contributed by atoms with Gasteiger partial charge in [-0.25, -0.2) is 8.42 Å². The molecule has 1 saturated heterocycles. The lowest BCUT2D eigenvalue weighted by atomic mass is 10.1. The Morgan fingerprint density at radius 2 is 2.21 bits per heavy atom. The molecule has 6 nitrogen and oxygen atoms in total. The lowest BCUT2D eigenvalue weighted by molar-refractivity contribution is 0.194. The molecule has 0 amide bonds. The van der Waals surface area contributed by atoms with Crippen molar-refractivity contribution in [1.29, 1.82) is 5.41 Å². The van der Waals surface area contributed by atoms with Crippen LogP contribution in [0.5, 0.6) is 0 Å². The zero-order valence-electron chi connectivity index (χ0n) is 7.99. The van der Waals surface area contributed by atoms with Crippen molar-refractivity contribution in [2.75, 3.05) is 13.2 Å². The van der Waals surface area contributed by atoms with Crippen LogP contribution in [-0.4, -0.2) is 37.6 Å². The standard InChI is InChI=1S/C7H15N3O3S/c1-5(8)14(11,12)7(6(9)10)2-3-13-4-7/h5H,2-4,8H2,1H3,(H3,9,10)/t5?,7-/m0/s1. The summed E-state index contributed by atoms with van der Waals surface area (Å²) in [6, 6.07) is 0. The van der Waals surface area contributed by atoms with Gasteiger partial charge in [-0.2, -0.15) is 0 Å². The number of rotatable bonds is 3. The Kier molecular flexibility index (Phi) is 2.84. The molecule has 1 aliphatic rings. The van der Waals surface area contributed by atoms with E-state index < -0.39 is 20.0 Å². The minimum absolute atomic E-state index is 0.0633. The molecule has 82 valence electrons. The number of ether oxygens (including phenoxy) is 1. The van der Waals surface area contributed by atoms with E-state index in [-0.39, 0.29) is 18.9 Å². The van der Waals surface area contributed by atoms with Crippen molar-refractivity contribution in [3.63, 3.8) is 0 Å². The fourth-order valence-electron chi connectivity index (χ4n) is 1.49. The molecule has 1 unspecified atom stereocenters. The smallest absolute Gasteiger partial charge is 0.180 e. The lowest BCUT2D eigenvalue weighted by Crippen LogP contribution is -2.55. The van der Waals surface area contributed by atoms with E-state index in [2.05, 4.69) is 0 Å². The van der Waals surface area contributed by atoms with Crippen molar-refractivity contribution in [3.8, 4) is 0 Å². The fraction of sp³-hybridized carbons (Fsp3) is 0.857. The predicted molar refractivity (Wildman–Crippen MR) is 52.7 cm³/mol. The van der Waals surface area contributed by atoms with Crippen LogP contribution in [0.1, 0.15) is 13.3 Å². The summed E-state index contributed by atoms with van der Waals surface area (Å²) in [4.78, 5) is 0. The second-order valence-corrected chi connectivity index (χ2v) is 6.08. The number of sulfone groups is 1. The topological polar surface area (TPSA) is 119 Å². The van der Waals surface area contributed by atoms with Crippen LogP contribution in [0.2, 0.25) is 0 Å². The fourth-order valence-corrected chi connectivity index (χ4v) is 3.13. The first-order chi connectivity index (χ1) is 6.34. The minimum Gasteiger partial charge on any atom is -0.386 e. The van der Waals surface area contributed by atoms with Crippen molar-refractivity contribution >= 4 is 15.7 Å². The van der Waals surface area contributed by atoms with Gasteiger partial charge < -0.3 is 16.2 Å². The zero-order chi connectivity index (χ0) is 11.0. The van der Waals surface area contributed by atoms with E-state index in [0.29, 0.717) is 6.61 Å². The first kappa shape index (κ1) is 11.4. The molecule has 14 heavy (non-hydrogen) atoms. The summed E-state index contributed by atoms with van der Waals surface area (Å²) < 4.78 is 27.3. The van der Waals surface area contributed by atoms with Crippen LogP contribution >= 0.6 is 0 Å². The van der Waals surface area contributed by atoms with Crippen LogP contribution in [-0.2, 0) is 14.6 Å². The Morgan fingerprint density at radius 1 is 1.64 bits per heavy atom. The lowest BCUT2D eigenvalue weighted by Gasteiger charge is -2.27. The van der Waals surface area contributed by atoms with Crippen molar-refractivity contribution in [3.05, 3.63) is 0 Å². The third kappa shape index (κ3) is 1.41. The normalized spacial score (nSPS) is 30.1. The summed E-state index contributed by atoms with van der Waals surface area (Å²) in [7, 11) is -3.63. The molecule has 5 N–H and O–H groups in total. The number of hydrogen-bond donors (Lipinski definition) is 3. The second kappa shape index (κ2) is 3.48. The van der Waals surface area contributed by atoms with E-state index in [1.165, 1.54) is 6.92 Å². The van der Waals surface area contributed by atoms with Gasteiger partial charge in [0, 0.05) is 6.61 Å². The van der Waals surface area contributed by atoms with Crippen LogP contribution in [0.15, 0.2) is 0 Å². The third-order valence-electron chi connectivity index (χ3n) is 2.51. The largest absolute Gasteiger partial charge is 0.386 e. The van der Waals surface area contributed by atoms with E-state index in [1.54, 1.807) is 0 Å². The molecule has 7 heteroatoms. The molecule has 0 bridgehead atoms. The van der Waals surface area contributed by atoms with E-state index in [9.17, 15) is 8.42 Å². The Bertz CT molecular complexity index is 330. The molecule has 1 aliphatic heterocycles. The highest BCUT2D eigenvalue weighted by Crippen LogP contribution is 2.29. The van der Waals surface area contributed by atoms with Crippen LogP contribution < -0.4 is 11.5 Å². The highest BCUT2D eigenvalue weighted by molar-refractivity contribution is 7.94. The summed E-state index contributed by atoms with van der Waals surface area (Å²) in [5, 5.41) is 6.32. The maximum atomic E-state index is 11.9. The molecule has 0 aromatic carbocycles.